The minimum Gasteiger partial charge on any atom is -0.455 e. The van der Waals surface area contributed by atoms with Gasteiger partial charge in [0.25, 0.3) is 0 Å². The molecule has 1 unspecified atom stereocenters. The van der Waals surface area contributed by atoms with Crippen LogP contribution >= 0.6 is 0 Å². The van der Waals surface area contributed by atoms with E-state index >= 15 is 0 Å². The third kappa shape index (κ3) is 3.98. The number of benzene rings is 1. The smallest absolute Gasteiger partial charge is 0.303 e. The second kappa shape index (κ2) is 7.49. The highest BCUT2D eigenvalue weighted by Gasteiger charge is 2.52. The Morgan fingerprint density at radius 1 is 1.04 bits per heavy atom. The number of aliphatic hydroxyl groups excluding tert-OH is 1. The molecule has 1 aromatic rings. The standard InChI is InChI=1S/C17H20O8/c1-9(18)22-14-13-12(24-16(20)15(14)23-10(2)19)8-21-17(25-13)11-6-4-3-5-7-11/h3-7,12-17,20H,8H2,1-2H3/t12-,13-,14+,15-,16+,17?/m1/s1. The van der Waals surface area contributed by atoms with Gasteiger partial charge in [-0.1, -0.05) is 30.3 Å². The zero-order chi connectivity index (χ0) is 18.0. The van der Waals surface area contributed by atoms with Crippen molar-refractivity contribution in [2.75, 3.05) is 6.61 Å². The monoisotopic (exact) mass is 352 g/mol. The molecule has 1 N–H and O–H groups in total. The Labute approximate surface area is 144 Å². The summed E-state index contributed by atoms with van der Waals surface area (Å²) in [6.07, 6.45) is -5.74. The van der Waals surface area contributed by atoms with Gasteiger partial charge in [-0.2, -0.15) is 0 Å². The number of fused-ring (bicyclic) bond motifs is 1. The number of aliphatic hydroxyl groups is 1. The van der Waals surface area contributed by atoms with Gasteiger partial charge >= 0.3 is 11.9 Å². The average Bonchev–Trinajstić information content (AvgIpc) is 2.58. The van der Waals surface area contributed by atoms with E-state index in [0.717, 1.165) is 5.56 Å². The van der Waals surface area contributed by atoms with Crippen LogP contribution in [0.5, 0.6) is 0 Å². The number of rotatable bonds is 3. The van der Waals surface area contributed by atoms with Crippen LogP contribution in [0, 0.1) is 0 Å². The van der Waals surface area contributed by atoms with Crippen LogP contribution in [-0.2, 0) is 33.3 Å². The quantitative estimate of drug-likeness (QED) is 0.793. The number of hydrogen-bond donors (Lipinski definition) is 1. The number of carbonyl (C=O) groups is 2. The van der Waals surface area contributed by atoms with E-state index in [1.165, 1.54) is 13.8 Å². The Kier molecular flexibility index (Phi) is 5.33. The van der Waals surface area contributed by atoms with Gasteiger partial charge in [-0.05, 0) is 0 Å². The molecule has 0 aromatic heterocycles. The van der Waals surface area contributed by atoms with Crippen LogP contribution in [0.3, 0.4) is 0 Å². The molecule has 8 heteroatoms. The molecule has 0 bridgehead atoms. The Bertz CT molecular complexity index is 618. The van der Waals surface area contributed by atoms with Crippen LogP contribution in [0.1, 0.15) is 25.7 Å². The van der Waals surface area contributed by atoms with Crippen molar-refractivity contribution in [3.8, 4) is 0 Å². The predicted molar refractivity (Wildman–Crippen MR) is 82.0 cm³/mol. The van der Waals surface area contributed by atoms with Crippen molar-refractivity contribution in [1.29, 1.82) is 0 Å². The lowest BCUT2D eigenvalue weighted by Crippen LogP contribution is -2.63. The number of carbonyl (C=O) groups excluding carboxylic acids is 2. The molecule has 25 heavy (non-hydrogen) atoms. The summed E-state index contributed by atoms with van der Waals surface area (Å²) in [6, 6.07) is 9.25. The molecule has 0 radical (unpaired) electrons. The van der Waals surface area contributed by atoms with E-state index in [9.17, 15) is 14.7 Å². The van der Waals surface area contributed by atoms with Crippen LogP contribution in [0.2, 0.25) is 0 Å². The summed E-state index contributed by atoms with van der Waals surface area (Å²) in [5.74, 6) is -1.21. The van der Waals surface area contributed by atoms with Crippen LogP contribution in [0.4, 0.5) is 0 Å². The molecular formula is C17H20O8. The van der Waals surface area contributed by atoms with Gasteiger partial charge in [-0.15, -0.1) is 0 Å². The lowest BCUT2D eigenvalue weighted by atomic mass is 9.97. The first kappa shape index (κ1) is 17.8. The zero-order valence-corrected chi connectivity index (χ0v) is 13.9. The molecule has 0 aliphatic carbocycles. The third-order valence-electron chi connectivity index (χ3n) is 3.98. The number of esters is 2. The van der Waals surface area contributed by atoms with Crippen LogP contribution in [0.15, 0.2) is 30.3 Å². The van der Waals surface area contributed by atoms with E-state index in [2.05, 4.69) is 0 Å². The molecule has 8 nitrogen and oxygen atoms in total. The first-order valence-electron chi connectivity index (χ1n) is 7.95. The normalized spacial score (nSPS) is 34.7. The maximum Gasteiger partial charge on any atom is 0.303 e. The van der Waals surface area contributed by atoms with E-state index < -0.39 is 48.9 Å². The fraction of sp³-hybridized carbons (Fsp3) is 0.529. The molecule has 0 spiro atoms. The molecule has 6 atom stereocenters. The second-order valence-electron chi connectivity index (χ2n) is 5.89. The lowest BCUT2D eigenvalue weighted by molar-refractivity contribution is -0.355. The minimum absolute atomic E-state index is 0.131. The summed E-state index contributed by atoms with van der Waals surface area (Å²) in [5.41, 5.74) is 0.790. The Balaban J connectivity index is 1.84. The Hall–Kier alpha value is -2.00. The summed E-state index contributed by atoms with van der Waals surface area (Å²) < 4.78 is 27.4. The molecule has 2 aliphatic heterocycles. The molecule has 2 saturated heterocycles. The van der Waals surface area contributed by atoms with Gasteiger partial charge in [0.15, 0.2) is 24.8 Å². The fourth-order valence-electron chi connectivity index (χ4n) is 2.99. The molecule has 3 rings (SSSR count). The summed E-state index contributed by atoms with van der Waals surface area (Å²) in [6.45, 7) is 2.56. The maximum atomic E-state index is 11.5. The van der Waals surface area contributed by atoms with Crippen LogP contribution in [-0.4, -0.2) is 54.4 Å². The number of hydrogen-bond acceptors (Lipinski definition) is 8. The average molecular weight is 352 g/mol. The molecule has 1 aromatic carbocycles. The van der Waals surface area contributed by atoms with E-state index in [1.807, 2.05) is 30.3 Å². The summed E-state index contributed by atoms with van der Waals surface area (Å²) >= 11 is 0. The fourth-order valence-corrected chi connectivity index (χ4v) is 2.99. The highest BCUT2D eigenvalue weighted by atomic mass is 16.7. The maximum absolute atomic E-state index is 11.5. The van der Waals surface area contributed by atoms with Crippen molar-refractivity contribution >= 4 is 11.9 Å². The second-order valence-corrected chi connectivity index (χ2v) is 5.89. The van der Waals surface area contributed by atoms with Crippen molar-refractivity contribution in [2.45, 2.75) is 50.8 Å². The van der Waals surface area contributed by atoms with Gasteiger partial charge in [0.2, 0.25) is 0 Å². The van der Waals surface area contributed by atoms with Gasteiger partial charge in [-0.3, -0.25) is 9.59 Å². The van der Waals surface area contributed by atoms with E-state index in [-0.39, 0.29) is 6.61 Å². The van der Waals surface area contributed by atoms with Gasteiger partial charge in [0.1, 0.15) is 12.2 Å². The molecule has 2 fully saturated rings. The molecule has 136 valence electrons. The first-order valence-corrected chi connectivity index (χ1v) is 7.95. The van der Waals surface area contributed by atoms with Crippen molar-refractivity contribution in [1.82, 2.24) is 0 Å². The first-order chi connectivity index (χ1) is 12.0. The zero-order valence-electron chi connectivity index (χ0n) is 13.9. The highest BCUT2D eigenvalue weighted by molar-refractivity contribution is 5.67. The van der Waals surface area contributed by atoms with E-state index in [1.54, 1.807) is 0 Å². The SMILES string of the molecule is CC(=O)O[C@@H]1[C@@H](OC(C)=O)[C@@H](O)O[C@@H]2COC(c3ccccc3)O[C@@H]12. The van der Waals surface area contributed by atoms with Crippen molar-refractivity contribution < 1.29 is 38.4 Å². The Morgan fingerprint density at radius 3 is 2.32 bits per heavy atom. The largest absolute Gasteiger partial charge is 0.455 e. The summed E-state index contributed by atoms with van der Waals surface area (Å²) in [7, 11) is 0. The van der Waals surface area contributed by atoms with Crippen LogP contribution in [0.25, 0.3) is 0 Å². The third-order valence-corrected chi connectivity index (χ3v) is 3.98. The summed E-state index contributed by atoms with van der Waals surface area (Å²) in [4.78, 5) is 22.8. The van der Waals surface area contributed by atoms with Crippen molar-refractivity contribution in [2.24, 2.45) is 0 Å². The molecule has 2 heterocycles. The minimum atomic E-state index is -1.45. The van der Waals surface area contributed by atoms with E-state index in [4.69, 9.17) is 23.7 Å². The summed E-state index contributed by atoms with van der Waals surface area (Å²) in [5, 5.41) is 10.1. The number of ether oxygens (including phenoxy) is 5. The highest BCUT2D eigenvalue weighted by Crippen LogP contribution is 2.35. The molecule has 0 amide bonds. The van der Waals surface area contributed by atoms with Crippen molar-refractivity contribution in [3.63, 3.8) is 0 Å². The molecular weight excluding hydrogens is 332 g/mol. The van der Waals surface area contributed by atoms with Crippen molar-refractivity contribution in [3.05, 3.63) is 35.9 Å². The Morgan fingerprint density at radius 2 is 1.68 bits per heavy atom. The molecule has 2 aliphatic rings. The lowest BCUT2D eigenvalue weighted by Gasteiger charge is -2.46. The van der Waals surface area contributed by atoms with E-state index in [0.29, 0.717) is 0 Å². The van der Waals surface area contributed by atoms with Gasteiger partial charge < -0.3 is 28.8 Å². The van der Waals surface area contributed by atoms with Gasteiger partial charge in [-0.25, -0.2) is 0 Å². The van der Waals surface area contributed by atoms with Gasteiger partial charge in [0.05, 0.1) is 6.61 Å². The predicted octanol–water partition coefficient (Wildman–Crippen LogP) is 0.681. The molecule has 0 saturated carbocycles. The van der Waals surface area contributed by atoms with Crippen LogP contribution < -0.4 is 0 Å². The van der Waals surface area contributed by atoms with Gasteiger partial charge in [0, 0.05) is 19.4 Å². The topological polar surface area (TPSA) is 101 Å².